The van der Waals surface area contributed by atoms with Crippen LogP contribution < -0.4 is 0 Å². The molecule has 6 heteroatoms. The fourth-order valence-corrected chi connectivity index (χ4v) is 4.68. The van der Waals surface area contributed by atoms with Gasteiger partial charge in [0.2, 0.25) is 10.0 Å². The van der Waals surface area contributed by atoms with E-state index in [2.05, 4.69) is 0 Å². The predicted molar refractivity (Wildman–Crippen MR) is 76.2 cm³/mol. The van der Waals surface area contributed by atoms with Gasteiger partial charge in [-0.25, -0.2) is 8.42 Å². The molecule has 2 N–H and O–H groups in total. The number of β-amino-alcohol motifs (C(OH)–C–C–N with tert-alkyl or cyclic N) is 2. The van der Waals surface area contributed by atoms with Gasteiger partial charge in [-0.05, 0) is 49.9 Å². The summed E-state index contributed by atoms with van der Waals surface area (Å²) >= 11 is 0. The molecule has 1 fully saturated rings. The molecule has 1 aliphatic rings. The van der Waals surface area contributed by atoms with E-state index in [1.54, 1.807) is 13.8 Å². The Hall–Kier alpha value is -0.950. The van der Waals surface area contributed by atoms with Gasteiger partial charge in [0.05, 0.1) is 17.1 Å². The molecule has 0 amide bonds. The van der Waals surface area contributed by atoms with Crippen LogP contribution in [0.4, 0.5) is 0 Å². The second-order valence-electron chi connectivity index (χ2n) is 5.55. The van der Waals surface area contributed by atoms with E-state index in [4.69, 9.17) is 0 Å². The summed E-state index contributed by atoms with van der Waals surface area (Å²) in [7, 11) is -3.70. The minimum atomic E-state index is -3.70. The van der Waals surface area contributed by atoms with Crippen LogP contribution in [-0.2, 0) is 10.0 Å². The highest BCUT2D eigenvalue weighted by atomic mass is 32.2. The second-order valence-corrected chi connectivity index (χ2v) is 7.42. The summed E-state index contributed by atoms with van der Waals surface area (Å²) < 4.78 is 26.7. The van der Waals surface area contributed by atoms with Crippen LogP contribution in [0.15, 0.2) is 11.0 Å². The molecule has 0 bridgehead atoms. The average Bonchev–Trinajstić information content (AvgIpc) is 2.68. The van der Waals surface area contributed by atoms with Gasteiger partial charge in [0.15, 0.2) is 0 Å². The van der Waals surface area contributed by atoms with Crippen LogP contribution in [0.1, 0.15) is 22.3 Å². The van der Waals surface area contributed by atoms with E-state index in [1.165, 1.54) is 0 Å². The summed E-state index contributed by atoms with van der Waals surface area (Å²) in [4.78, 5) is 0.302. The maximum atomic E-state index is 12.8. The van der Waals surface area contributed by atoms with Crippen molar-refractivity contribution in [3.8, 4) is 0 Å². The molecule has 0 radical (unpaired) electrons. The lowest BCUT2D eigenvalue weighted by Crippen LogP contribution is -2.31. The minimum absolute atomic E-state index is 0.0601. The Morgan fingerprint density at radius 3 is 1.80 bits per heavy atom. The summed E-state index contributed by atoms with van der Waals surface area (Å²) in [6, 6.07) is 1.97. The summed E-state index contributed by atoms with van der Waals surface area (Å²) in [5.74, 6) is 0. The summed E-state index contributed by atoms with van der Waals surface area (Å²) in [6.45, 7) is 7.23. The van der Waals surface area contributed by atoms with E-state index in [-0.39, 0.29) is 13.1 Å². The first-order chi connectivity index (χ1) is 9.16. The van der Waals surface area contributed by atoms with Crippen molar-refractivity contribution in [3.05, 3.63) is 28.3 Å². The lowest BCUT2D eigenvalue weighted by molar-refractivity contribution is 0.0572. The molecule has 0 unspecified atom stereocenters. The number of hydrogen-bond acceptors (Lipinski definition) is 4. The van der Waals surface area contributed by atoms with Crippen molar-refractivity contribution >= 4 is 10.0 Å². The Bertz CT molecular complexity index is 603. The Morgan fingerprint density at radius 2 is 1.40 bits per heavy atom. The summed E-state index contributed by atoms with van der Waals surface area (Å²) in [5.41, 5.74) is 3.30. The van der Waals surface area contributed by atoms with E-state index < -0.39 is 22.2 Å². The topological polar surface area (TPSA) is 77.8 Å². The minimum Gasteiger partial charge on any atom is -0.389 e. The molecule has 1 heterocycles. The first kappa shape index (κ1) is 15.4. The van der Waals surface area contributed by atoms with E-state index in [1.807, 2.05) is 19.9 Å². The maximum absolute atomic E-state index is 12.8. The highest BCUT2D eigenvalue weighted by Crippen LogP contribution is 2.30. The number of sulfonamides is 1. The summed E-state index contributed by atoms with van der Waals surface area (Å²) in [6.07, 6.45) is -2.03. The molecule has 2 atom stereocenters. The maximum Gasteiger partial charge on any atom is 0.243 e. The smallest absolute Gasteiger partial charge is 0.243 e. The van der Waals surface area contributed by atoms with Crippen molar-refractivity contribution in [2.75, 3.05) is 13.1 Å². The van der Waals surface area contributed by atoms with Crippen LogP contribution in [0.3, 0.4) is 0 Å². The molecule has 1 aliphatic heterocycles. The number of rotatable bonds is 2. The van der Waals surface area contributed by atoms with Gasteiger partial charge < -0.3 is 10.2 Å². The van der Waals surface area contributed by atoms with Crippen LogP contribution in [0, 0.1) is 27.7 Å². The molecule has 1 aromatic carbocycles. The van der Waals surface area contributed by atoms with Gasteiger partial charge in [-0.1, -0.05) is 6.07 Å². The Kier molecular flexibility index (Phi) is 3.94. The Balaban J connectivity index is 2.56. The zero-order valence-electron chi connectivity index (χ0n) is 12.2. The van der Waals surface area contributed by atoms with E-state index in [9.17, 15) is 18.6 Å². The van der Waals surface area contributed by atoms with Crippen LogP contribution in [0.25, 0.3) is 0 Å². The molecule has 1 saturated heterocycles. The van der Waals surface area contributed by atoms with Gasteiger partial charge in [0.25, 0.3) is 0 Å². The number of nitrogens with zero attached hydrogens (tertiary/aromatic N) is 1. The van der Waals surface area contributed by atoms with Gasteiger partial charge in [-0.2, -0.15) is 4.31 Å². The van der Waals surface area contributed by atoms with Crippen molar-refractivity contribution < 1.29 is 18.6 Å². The molecule has 0 aliphatic carbocycles. The van der Waals surface area contributed by atoms with Crippen LogP contribution >= 0.6 is 0 Å². The van der Waals surface area contributed by atoms with Gasteiger partial charge in [-0.3, -0.25) is 0 Å². The van der Waals surface area contributed by atoms with Gasteiger partial charge in [0, 0.05) is 13.1 Å². The largest absolute Gasteiger partial charge is 0.389 e. The SMILES string of the molecule is Cc1cc(C)c(C)c(S(=O)(=O)N2C[C@@H](O)[C@@H](O)C2)c1C. The van der Waals surface area contributed by atoms with Crippen molar-refractivity contribution in [1.29, 1.82) is 0 Å². The molecule has 2 rings (SSSR count). The van der Waals surface area contributed by atoms with Crippen molar-refractivity contribution in [1.82, 2.24) is 4.31 Å². The third-order valence-corrected chi connectivity index (χ3v) is 6.23. The molecular weight excluding hydrogens is 278 g/mol. The number of aryl methyl sites for hydroxylation is 2. The third-order valence-electron chi connectivity index (χ3n) is 4.12. The molecule has 0 aromatic heterocycles. The zero-order valence-corrected chi connectivity index (χ0v) is 13.0. The first-order valence-corrected chi connectivity index (χ1v) is 8.04. The molecule has 5 nitrogen and oxygen atoms in total. The molecule has 0 saturated carbocycles. The van der Waals surface area contributed by atoms with Crippen LogP contribution in [-0.4, -0.2) is 48.2 Å². The monoisotopic (exact) mass is 299 g/mol. The van der Waals surface area contributed by atoms with Gasteiger partial charge in [-0.15, -0.1) is 0 Å². The van der Waals surface area contributed by atoms with Crippen molar-refractivity contribution in [3.63, 3.8) is 0 Å². The molecule has 1 aromatic rings. The number of benzene rings is 1. The average molecular weight is 299 g/mol. The standard InChI is InChI=1S/C14H21NO4S/c1-8-5-9(2)11(4)14(10(8)3)20(18,19)15-6-12(16)13(17)7-15/h5,12-13,16-17H,6-7H2,1-4H3/t12-,13+. The van der Waals surface area contributed by atoms with Crippen molar-refractivity contribution in [2.24, 2.45) is 0 Å². The zero-order chi connectivity index (χ0) is 15.2. The van der Waals surface area contributed by atoms with E-state index >= 15 is 0 Å². The van der Waals surface area contributed by atoms with E-state index in [0.29, 0.717) is 4.90 Å². The molecular formula is C14H21NO4S. The third kappa shape index (κ3) is 2.37. The van der Waals surface area contributed by atoms with E-state index in [0.717, 1.165) is 26.6 Å². The van der Waals surface area contributed by atoms with Crippen LogP contribution in [0.2, 0.25) is 0 Å². The number of aliphatic hydroxyl groups excluding tert-OH is 2. The lowest BCUT2D eigenvalue weighted by Gasteiger charge is -2.21. The predicted octanol–water partition coefficient (Wildman–Crippen LogP) is 0.646. The fourth-order valence-electron chi connectivity index (χ4n) is 2.63. The second kappa shape index (κ2) is 5.11. The Morgan fingerprint density at radius 1 is 1.00 bits per heavy atom. The highest BCUT2D eigenvalue weighted by Gasteiger charge is 2.39. The quantitative estimate of drug-likeness (QED) is 0.840. The fraction of sp³-hybridized carbons (Fsp3) is 0.571. The Labute approximate surface area is 119 Å². The first-order valence-electron chi connectivity index (χ1n) is 6.60. The number of hydrogen-bond donors (Lipinski definition) is 2. The number of aliphatic hydroxyl groups is 2. The normalized spacial score (nSPS) is 24.3. The van der Waals surface area contributed by atoms with Gasteiger partial charge in [0.1, 0.15) is 0 Å². The molecule has 112 valence electrons. The molecule has 20 heavy (non-hydrogen) atoms. The van der Waals surface area contributed by atoms with Crippen molar-refractivity contribution in [2.45, 2.75) is 44.8 Å². The lowest BCUT2D eigenvalue weighted by atomic mass is 10.0. The highest BCUT2D eigenvalue weighted by molar-refractivity contribution is 7.89. The van der Waals surface area contributed by atoms with Gasteiger partial charge >= 0.3 is 0 Å². The molecule has 0 spiro atoms. The summed E-state index contributed by atoms with van der Waals surface area (Å²) in [5, 5.41) is 19.1. The van der Waals surface area contributed by atoms with Crippen LogP contribution in [0.5, 0.6) is 0 Å².